The van der Waals surface area contributed by atoms with Crippen molar-refractivity contribution in [2.24, 2.45) is 0 Å². The first-order chi connectivity index (χ1) is 14.2. The number of nitrogens with one attached hydrogen (secondary N) is 1. The number of nitrogens with zero attached hydrogens (tertiary/aromatic N) is 3. The average Bonchev–Trinajstić information content (AvgIpc) is 2.80. The van der Waals surface area contributed by atoms with E-state index in [9.17, 15) is 24.5 Å². The molecule has 3 amide bonds. The van der Waals surface area contributed by atoms with Crippen LogP contribution in [0.3, 0.4) is 0 Å². The van der Waals surface area contributed by atoms with E-state index >= 15 is 0 Å². The molecule has 156 valence electrons. The van der Waals surface area contributed by atoms with Crippen LogP contribution in [0.1, 0.15) is 29.3 Å². The summed E-state index contributed by atoms with van der Waals surface area (Å²) in [5, 5.41) is 13.8. The van der Waals surface area contributed by atoms with Crippen LogP contribution in [0, 0.1) is 17.0 Å². The van der Waals surface area contributed by atoms with Crippen molar-refractivity contribution in [3.05, 3.63) is 63.7 Å². The number of carbonyl (C=O) groups is 3. The predicted octanol–water partition coefficient (Wildman–Crippen LogP) is 2.74. The van der Waals surface area contributed by atoms with Gasteiger partial charge in [0.2, 0.25) is 11.8 Å². The van der Waals surface area contributed by atoms with Crippen LogP contribution in [-0.2, 0) is 9.59 Å². The molecule has 0 bridgehead atoms. The van der Waals surface area contributed by atoms with Gasteiger partial charge in [0.25, 0.3) is 11.6 Å². The molecule has 1 aliphatic heterocycles. The molecule has 1 atom stereocenters. The lowest BCUT2D eigenvalue weighted by Crippen LogP contribution is -2.45. The molecule has 1 N–H and O–H groups in total. The van der Waals surface area contributed by atoms with Gasteiger partial charge in [-0.25, -0.2) is 0 Å². The predicted molar refractivity (Wildman–Crippen MR) is 111 cm³/mol. The van der Waals surface area contributed by atoms with Crippen molar-refractivity contribution in [1.29, 1.82) is 0 Å². The van der Waals surface area contributed by atoms with E-state index in [-0.39, 0.29) is 42.1 Å². The SMILES string of the molecule is Cc1cc(C(=O)N(C)CC(=O)N2c3ccccc3NC(=O)CC2C)ccc1[N+](=O)[O-]. The molecule has 0 saturated heterocycles. The van der Waals surface area contributed by atoms with E-state index in [0.29, 0.717) is 16.9 Å². The number of likely N-dealkylation sites (N-methyl/N-ethyl adjacent to an activating group) is 1. The Labute approximate surface area is 173 Å². The molecule has 2 aromatic rings. The summed E-state index contributed by atoms with van der Waals surface area (Å²) in [5.74, 6) is -0.941. The van der Waals surface area contributed by atoms with Gasteiger partial charge in [0.15, 0.2) is 0 Å². The Hall–Kier alpha value is -3.75. The number of nitro benzene ring substituents is 1. The molecule has 0 aliphatic carbocycles. The van der Waals surface area contributed by atoms with Crippen molar-refractivity contribution in [2.75, 3.05) is 23.8 Å². The minimum absolute atomic E-state index is 0.0718. The lowest BCUT2D eigenvalue weighted by molar-refractivity contribution is -0.385. The molecule has 0 saturated carbocycles. The minimum atomic E-state index is -0.510. The topological polar surface area (TPSA) is 113 Å². The molecule has 0 aromatic heterocycles. The molecule has 0 spiro atoms. The van der Waals surface area contributed by atoms with E-state index in [1.54, 1.807) is 38.1 Å². The van der Waals surface area contributed by atoms with Crippen molar-refractivity contribution < 1.29 is 19.3 Å². The maximum atomic E-state index is 13.1. The third-order valence-electron chi connectivity index (χ3n) is 4.99. The van der Waals surface area contributed by atoms with Gasteiger partial charge >= 0.3 is 0 Å². The van der Waals surface area contributed by atoms with Gasteiger partial charge in [0.1, 0.15) is 6.54 Å². The molecule has 1 aliphatic rings. The summed E-state index contributed by atoms with van der Waals surface area (Å²) in [6.07, 6.45) is 0.139. The average molecular weight is 410 g/mol. The van der Waals surface area contributed by atoms with Gasteiger partial charge in [0.05, 0.1) is 16.3 Å². The second kappa shape index (κ2) is 8.32. The van der Waals surface area contributed by atoms with E-state index in [4.69, 9.17) is 0 Å². The normalized spacial score (nSPS) is 15.6. The first-order valence-corrected chi connectivity index (χ1v) is 9.40. The standard InChI is InChI=1S/C21H22N4O5/c1-13-10-15(8-9-17(13)25(29)30)21(28)23(3)12-20(27)24-14(2)11-19(26)22-16-6-4-5-7-18(16)24/h4-10,14H,11-12H2,1-3H3,(H,22,26). The Morgan fingerprint density at radius 3 is 2.63 bits per heavy atom. The Morgan fingerprint density at radius 1 is 1.27 bits per heavy atom. The molecule has 9 nitrogen and oxygen atoms in total. The summed E-state index contributed by atoms with van der Waals surface area (Å²) in [5.41, 5.74) is 1.67. The third-order valence-corrected chi connectivity index (χ3v) is 4.99. The first kappa shape index (κ1) is 21.0. The first-order valence-electron chi connectivity index (χ1n) is 9.40. The largest absolute Gasteiger partial charge is 0.332 e. The second-order valence-corrected chi connectivity index (χ2v) is 7.30. The molecule has 1 heterocycles. The Bertz CT molecular complexity index is 1040. The molecule has 30 heavy (non-hydrogen) atoms. The summed E-state index contributed by atoms with van der Waals surface area (Å²) < 4.78 is 0. The Balaban J connectivity index is 1.81. The zero-order valence-corrected chi connectivity index (χ0v) is 16.9. The van der Waals surface area contributed by atoms with Crippen molar-refractivity contribution >= 4 is 34.8 Å². The number of hydrogen-bond acceptors (Lipinski definition) is 5. The van der Waals surface area contributed by atoms with Crippen LogP contribution in [0.25, 0.3) is 0 Å². The highest BCUT2D eigenvalue weighted by molar-refractivity contribution is 6.06. The van der Waals surface area contributed by atoms with Gasteiger partial charge in [-0.1, -0.05) is 12.1 Å². The zero-order chi connectivity index (χ0) is 22.0. The van der Waals surface area contributed by atoms with Crippen LogP contribution in [0.15, 0.2) is 42.5 Å². The quantitative estimate of drug-likeness (QED) is 0.615. The molecule has 2 aromatic carbocycles. The van der Waals surface area contributed by atoms with E-state index in [2.05, 4.69) is 5.32 Å². The number of carbonyl (C=O) groups excluding carboxylic acids is 3. The van der Waals surface area contributed by atoms with Crippen molar-refractivity contribution in [3.63, 3.8) is 0 Å². The summed E-state index contributed by atoms with van der Waals surface area (Å²) in [6, 6.07) is 10.7. The van der Waals surface area contributed by atoms with Crippen LogP contribution in [0.4, 0.5) is 17.1 Å². The van der Waals surface area contributed by atoms with Crippen LogP contribution in [0.2, 0.25) is 0 Å². The van der Waals surface area contributed by atoms with Crippen LogP contribution < -0.4 is 10.2 Å². The summed E-state index contributed by atoms with van der Waals surface area (Å²) in [4.78, 5) is 51.2. The number of amides is 3. The van der Waals surface area contributed by atoms with Gasteiger partial charge in [-0.05, 0) is 38.1 Å². The van der Waals surface area contributed by atoms with Crippen LogP contribution in [-0.4, -0.2) is 47.2 Å². The van der Waals surface area contributed by atoms with Crippen LogP contribution >= 0.6 is 0 Å². The molecule has 0 radical (unpaired) electrons. The number of hydrogen-bond donors (Lipinski definition) is 1. The maximum absolute atomic E-state index is 13.1. The van der Waals surface area contributed by atoms with E-state index in [1.165, 1.54) is 35.0 Å². The maximum Gasteiger partial charge on any atom is 0.272 e. The van der Waals surface area contributed by atoms with E-state index in [1.807, 2.05) is 0 Å². The summed E-state index contributed by atoms with van der Waals surface area (Å²) >= 11 is 0. The fraction of sp³-hybridized carbons (Fsp3) is 0.286. The smallest absolute Gasteiger partial charge is 0.272 e. The number of rotatable bonds is 4. The monoisotopic (exact) mass is 410 g/mol. The van der Waals surface area contributed by atoms with Gasteiger partial charge in [-0.3, -0.25) is 24.5 Å². The van der Waals surface area contributed by atoms with Gasteiger partial charge in [-0.2, -0.15) is 0 Å². The lowest BCUT2D eigenvalue weighted by atomic mass is 10.1. The number of para-hydroxylation sites is 2. The highest BCUT2D eigenvalue weighted by Gasteiger charge is 2.30. The van der Waals surface area contributed by atoms with Crippen LogP contribution in [0.5, 0.6) is 0 Å². The number of anilines is 2. The number of aryl methyl sites for hydroxylation is 1. The highest BCUT2D eigenvalue weighted by Crippen LogP contribution is 2.31. The fourth-order valence-electron chi connectivity index (χ4n) is 3.53. The van der Waals surface area contributed by atoms with Gasteiger partial charge in [-0.15, -0.1) is 0 Å². The minimum Gasteiger partial charge on any atom is -0.332 e. The molecule has 1 unspecified atom stereocenters. The molecule has 0 fully saturated rings. The van der Waals surface area contributed by atoms with Crippen molar-refractivity contribution in [3.8, 4) is 0 Å². The summed E-state index contributed by atoms with van der Waals surface area (Å²) in [6.45, 7) is 3.13. The zero-order valence-electron chi connectivity index (χ0n) is 16.9. The number of nitro groups is 1. The third kappa shape index (κ3) is 4.14. The van der Waals surface area contributed by atoms with Crippen molar-refractivity contribution in [1.82, 2.24) is 4.90 Å². The van der Waals surface area contributed by atoms with Crippen molar-refractivity contribution in [2.45, 2.75) is 26.3 Å². The molecule has 3 rings (SSSR count). The molecular weight excluding hydrogens is 388 g/mol. The fourth-order valence-corrected chi connectivity index (χ4v) is 3.53. The summed E-state index contributed by atoms with van der Waals surface area (Å²) in [7, 11) is 1.49. The van der Waals surface area contributed by atoms with Gasteiger partial charge < -0.3 is 15.1 Å². The Kier molecular flexibility index (Phi) is 5.81. The Morgan fingerprint density at radius 2 is 1.97 bits per heavy atom. The van der Waals surface area contributed by atoms with E-state index < -0.39 is 10.8 Å². The number of fused-ring (bicyclic) bond motifs is 1. The van der Waals surface area contributed by atoms with E-state index in [0.717, 1.165) is 0 Å². The van der Waals surface area contributed by atoms with Gasteiger partial charge in [0, 0.05) is 36.7 Å². The lowest BCUT2D eigenvalue weighted by Gasteiger charge is -2.29. The highest BCUT2D eigenvalue weighted by atomic mass is 16.6. The second-order valence-electron chi connectivity index (χ2n) is 7.30. The molecular formula is C21H22N4O5. The number of benzene rings is 2. The molecule has 9 heteroatoms.